The molecule has 0 fully saturated rings. The fraction of sp³-hybridized carbons (Fsp3) is 0.333. The molecule has 0 N–H and O–H groups in total. The van der Waals surface area contributed by atoms with E-state index in [1.165, 1.54) is 6.20 Å². The number of nitro groups is 1. The average molecular weight is 238 g/mol. The van der Waals surface area contributed by atoms with Gasteiger partial charge in [0, 0.05) is 5.38 Å². The first-order chi connectivity index (χ1) is 7.58. The van der Waals surface area contributed by atoms with Gasteiger partial charge in [0.15, 0.2) is 0 Å². The maximum atomic E-state index is 10.6. The van der Waals surface area contributed by atoms with Crippen LogP contribution < -0.4 is 0 Å². The van der Waals surface area contributed by atoms with Gasteiger partial charge in [-0.05, 0) is 13.8 Å². The monoisotopic (exact) mass is 238 g/mol. The van der Waals surface area contributed by atoms with E-state index in [9.17, 15) is 10.1 Å². The van der Waals surface area contributed by atoms with E-state index >= 15 is 0 Å². The van der Waals surface area contributed by atoms with Crippen LogP contribution in [0.1, 0.15) is 16.4 Å². The molecule has 2 aromatic heterocycles. The van der Waals surface area contributed by atoms with E-state index in [2.05, 4.69) is 10.1 Å². The molecule has 0 aromatic carbocycles. The number of aromatic nitrogens is 3. The summed E-state index contributed by atoms with van der Waals surface area (Å²) in [7, 11) is 0. The molecule has 0 amide bonds. The normalized spacial score (nSPS) is 10.6. The van der Waals surface area contributed by atoms with E-state index in [0.29, 0.717) is 12.2 Å². The van der Waals surface area contributed by atoms with Gasteiger partial charge in [-0.1, -0.05) is 0 Å². The predicted octanol–water partition coefficient (Wildman–Crippen LogP) is 1.91. The predicted molar refractivity (Wildman–Crippen MR) is 59.6 cm³/mol. The van der Waals surface area contributed by atoms with Crippen LogP contribution in [0.15, 0.2) is 11.6 Å². The van der Waals surface area contributed by atoms with Crippen molar-refractivity contribution in [3.8, 4) is 0 Å². The van der Waals surface area contributed by atoms with Crippen LogP contribution in [0.3, 0.4) is 0 Å². The van der Waals surface area contributed by atoms with E-state index in [1.807, 2.05) is 12.3 Å². The summed E-state index contributed by atoms with van der Waals surface area (Å²) < 4.78 is 1.59. The van der Waals surface area contributed by atoms with Crippen molar-refractivity contribution in [2.24, 2.45) is 0 Å². The largest absolute Gasteiger partial charge is 0.309 e. The molecule has 0 unspecified atom stereocenters. The molecule has 0 atom stereocenters. The van der Waals surface area contributed by atoms with Gasteiger partial charge in [0.1, 0.15) is 11.9 Å². The Morgan fingerprint density at radius 2 is 2.31 bits per heavy atom. The van der Waals surface area contributed by atoms with Crippen molar-refractivity contribution >= 4 is 17.0 Å². The molecular formula is C9H10N4O2S. The first-order valence-electron chi connectivity index (χ1n) is 4.65. The highest BCUT2D eigenvalue weighted by molar-refractivity contribution is 7.09. The third-order valence-electron chi connectivity index (χ3n) is 2.25. The van der Waals surface area contributed by atoms with Gasteiger partial charge in [0.05, 0.1) is 22.2 Å². The summed E-state index contributed by atoms with van der Waals surface area (Å²) in [4.78, 5) is 14.5. The van der Waals surface area contributed by atoms with Crippen LogP contribution in [-0.2, 0) is 6.54 Å². The van der Waals surface area contributed by atoms with Gasteiger partial charge in [-0.25, -0.2) is 4.98 Å². The summed E-state index contributed by atoms with van der Waals surface area (Å²) in [5.74, 6) is 0. The first-order valence-corrected chi connectivity index (χ1v) is 5.53. The molecule has 16 heavy (non-hydrogen) atoms. The molecule has 6 nitrogen and oxygen atoms in total. The number of rotatable bonds is 3. The molecule has 7 heteroatoms. The zero-order valence-corrected chi connectivity index (χ0v) is 9.69. The number of hydrogen-bond acceptors (Lipinski definition) is 5. The molecule has 0 spiro atoms. The summed E-state index contributed by atoms with van der Waals surface area (Å²) in [5.41, 5.74) is 1.48. The average Bonchev–Trinajstić information content (AvgIpc) is 2.76. The Morgan fingerprint density at radius 3 is 2.81 bits per heavy atom. The van der Waals surface area contributed by atoms with Gasteiger partial charge in [0.25, 0.3) is 0 Å². The molecule has 0 bridgehead atoms. The van der Waals surface area contributed by atoms with Crippen molar-refractivity contribution in [1.82, 2.24) is 14.8 Å². The number of aryl methyl sites for hydroxylation is 1. The second-order valence-corrected chi connectivity index (χ2v) is 4.45. The Morgan fingerprint density at radius 1 is 1.56 bits per heavy atom. The van der Waals surface area contributed by atoms with Gasteiger partial charge >= 0.3 is 5.69 Å². The van der Waals surface area contributed by atoms with Crippen LogP contribution in [0.25, 0.3) is 0 Å². The van der Waals surface area contributed by atoms with E-state index in [4.69, 9.17) is 0 Å². The summed E-state index contributed by atoms with van der Waals surface area (Å²) in [6.45, 7) is 4.08. The first kappa shape index (κ1) is 10.7. The van der Waals surface area contributed by atoms with Crippen LogP contribution in [-0.4, -0.2) is 19.7 Å². The van der Waals surface area contributed by atoms with Crippen LogP contribution >= 0.6 is 11.3 Å². The summed E-state index contributed by atoms with van der Waals surface area (Å²) in [6, 6.07) is 0. The maximum absolute atomic E-state index is 10.6. The van der Waals surface area contributed by atoms with Crippen molar-refractivity contribution in [2.75, 3.05) is 0 Å². The highest BCUT2D eigenvalue weighted by Crippen LogP contribution is 2.17. The van der Waals surface area contributed by atoms with Gasteiger partial charge in [-0.15, -0.1) is 11.3 Å². The lowest BCUT2D eigenvalue weighted by Crippen LogP contribution is -2.04. The van der Waals surface area contributed by atoms with Gasteiger partial charge in [0.2, 0.25) is 0 Å². The molecule has 2 heterocycles. The standard InChI is InChI=1S/C9H10N4O2S/c1-6-9(13(14)15)3-10-12(6)4-8-5-16-7(2)11-8/h3,5H,4H2,1-2H3. The van der Waals surface area contributed by atoms with E-state index in [0.717, 1.165) is 10.7 Å². The highest BCUT2D eigenvalue weighted by atomic mass is 32.1. The Hall–Kier alpha value is -1.76. The Bertz CT molecular complexity index is 531. The lowest BCUT2D eigenvalue weighted by molar-refractivity contribution is -0.385. The third-order valence-corrected chi connectivity index (χ3v) is 3.07. The highest BCUT2D eigenvalue weighted by Gasteiger charge is 2.16. The molecule has 84 valence electrons. The maximum Gasteiger partial charge on any atom is 0.309 e. The van der Waals surface area contributed by atoms with Gasteiger partial charge < -0.3 is 0 Å². The van der Waals surface area contributed by atoms with Crippen molar-refractivity contribution < 1.29 is 4.92 Å². The van der Waals surface area contributed by atoms with E-state index in [-0.39, 0.29) is 5.69 Å². The van der Waals surface area contributed by atoms with Gasteiger partial charge in [-0.2, -0.15) is 5.10 Å². The minimum atomic E-state index is -0.425. The van der Waals surface area contributed by atoms with Gasteiger partial charge in [-0.3, -0.25) is 14.8 Å². The zero-order valence-electron chi connectivity index (χ0n) is 8.88. The molecule has 0 saturated carbocycles. The van der Waals surface area contributed by atoms with E-state index < -0.39 is 4.92 Å². The van der Waals surface area contributed by atoms with Crippen LogP contribution in [0, 0.1) is 24.0 Å². The Labute approximate surface area is 95.7 Å². The minimum absolute atomic E-state index is 0.0481. The SMILES string of the molecule is Cc1nc(Cn2ncc([N+](=O)[O-])c2C)cs1. The zero-order chi connectivity index (χ0) is 11.7. The van der Waals surface area contributed by atoms with Crippen LogP contribution in [0.4, 0.5) is 5.69 Å². The van der Waals surface area contributed by atoms with Crippen molar-refractivity contribution in [3.05, 3.63) is 38.1 Å². The van der Waals surface area contributed by atoms with Crippen LogP contribution in [0.2, 0.25) is 0 Å². The molecule has 0 aliphatic heterocycles. The smallest absolute Gasteiger partial charge is 0.258 e. The summed E-state index contributed by atoms with van der Waals surface area (Å²) >= 11 is 1.56. The Kier molecular flexibility index (Phi) is 2.69. The molecule has 0 radical (unpaired) electrons. The molecular weight excluding hydrogens is 228 g/mol. The lowest BCUT2D eigenvalue weighted by Gasteiger charge is -1.99. The quantitative estimate of drug-likeness (QED) is 0.604. The van der Waals surface area contributed by atoms with Crippen molar-refractivity contribution in [3.63, 3.8) is 0 Å². The fourth-order valence-electron chi connectivity index (χ4n) is 1.41. The number of hydrogen-bond donors (Lipinski definition) is 0. The molecule has 2 rings (SSSR count). The summed E-state index contributed by atoms with van der Waals surface area (Å²) in [5, 5.41) is 17.5. The third kappa shape index (κ3) is 1.94. The number of thiazole rings is 1. The fourth-order valence-corrected chi connectivity index (χ4v) is 2.01. The van der Waals surface area contributed by atoms with Crippen molar-refractivity contribution in [2.45, 2.75) is 20.4 Å². The topological polar surface area (TPSA) is 73.8 Å². The Balaban J connectivity index is 2.25. The minimum Gasteiger partial charge on any atom is -0.258 e. The molecule has 2 aromatic rings. The summed E-state index contributed by atoms with van der Waals surface area (Å²) in [6.07, 6.45) is 1.27. The molecule has 0 saturated heterocycles. The van der Waals surface area contributed by atoms with E-state index in [1.54, 1.807) is 22.9 Å². The van der Waals surface area contributed by atoms with Crippen LogP contribution in [0.5, 0.6) is 0 Å². The molecule has 0 aliphatic carbocycles. The second-order valence-electron chi connectivity index (χ2n) is 3.39. The second kappa shape index (κ2) is 4.01. The number of nitrogens with zero attached hydrogens (tertiary/aromatic N) is 4. The molecule has 0 aliphatic rings. The lowest BCUT2D eigenvalue weighted by atomic mass is 10.4. The van der Waals surface area contributed by atoms with Crippen molar-refractivity contribution in [1.29, 1.82) is 0 Å².